The molecule has 2 aromatic heterocycles. The summed E-state index contributed by atoms with van der Waals surface area (Å²) >= 11 is 4.31. The van der Waals surface area contributed by atoms with Crippen LogP contribution in [0.3, 0.4) is 0 Å². The number of rotatable bonds is 9. The van der Waals surface area contributed by atoms with E-state index in [1.54, 1.807) is 0 Å². The molecule has 1 fully saturated rings. The topological polar surface area (TPSA) is 218 Å². The highest BCUT2D eigenvalue weighted by Gasteiger charge is 2.44. The van der Waals surface area contributed by atoms with Crippen LogP contribution < -0.4 is 16.4 Å². The SMILES string of the molecule is NC(CCC(=O)O)C(=O)NCC#CCNc1nc(S)c2ncn([C@@H]3O[C@H](CO)C(O)[C@@H]3O)c2n1. The van der Waals surface area contributed by atoms with E-state index in [4.69, 9.17) is 15.6 Å². The van der Waals surface area contributed by atoms with E-state index >= 15 is 0 Å². The van der Waals surface area contributed by atoms with Gasteiger partial charge in [-0.3, -0.25) is 14.2 Å². The van der Waals surface area contributed by atoms with Crippen molar-refractivity contribution < 1.29 is 34.8 Å². The number of carbonyl (C=O) groups excluding carboxylic acids is 1. The van der Waals surface area contributed by atoms with Crippen molar-refractivity contribution in [1.82, 2.24) is 24.8 Å². The first kappa shape index (κ1) is 25.6. The number of thiol groups is 1. The second-order valence-electron chi connectivity index (χ2n) is 7.39. The summed E-state index contributed by atoms with van der Waals surface area (Å²) in [5.74, 6) is 4.14. The molecule has 1 aliphatic rings. The number of anilines is 1. The fourth-order valence-electron chi connectivity index (χ4n) is 3.20. The number of fused-ring (bicyclic) bond motifs is 1. The van der Waals surface area contributed by atoms with Crippen LogP contribution in [-0.4, -0.2) is 95.9 Å². The van der Waals surface area contributed by atoms with E-state index < -0.39 is 49.1 Å². The van der Waals surface area contributed by atoms with Crippen LogP contribution in [0.1, 0.15) is 19.1 Å². The van der Waals surface area contributed by atoms with Crippen LogP contribution in [0.4, 0.5) is 5.95 Å². The van der Waals surface area contributed by atoms with Crippen molar-refractivity contribution >= 4 is 41.6 Å². The van der Waals surface area contributed by atoms with E-state index in [0.29, 0.717) is 5.52 Å². The molecule has 0 aromatic carbocycles. The molecule has 3 rings (SSSR count). The fourth-order valence-corrected chi connectivity index (χ4v) is 3.45. The van der Waals surface area contributed by atoms with E-state index in [0.717, 1.165) is 0 Å². The number of carbonyl (C=O) groups is 2. The number of imidazole rings is 1. The Morgan fingerprint density at radius 3 is 2.68 bits per heavy atom. The molecule has 2 unspecified atom stereocenters. The third-order valence-corrected chi connectivity index (χ3v) is 5.32. The number of aliphatic hydroxyl groups excluding tert-OH is 3. The van der Waals surface area contributed by atoms with E-state index in [9.17, 15) is 24.9 Å². The van der Waals surface area contributed by atoms with E-state index in [2.05, 4.69) is 50.1 Å². The molecule has 184 valence electrons. The summed E-state index contributed by atoms with van der Waals surface area (Å²) in [6.07, 6.45) is -3.34. The summed E-state index contributed by atoms with van der Waals surface area (Å²) in [7, 11) is 0. The van der Waals surface area contributed by atoms with Crippen LogP contribution in [0.25, 0.3) is 11.2 Å². The molecule has 0 radical (unpaired) electrons. The average Bonchev–Trinajstić information content (AvgIpc) is 3.35. The van der Waals surface area contributed by atoms with Crippen LogP contribution >= 0.6 is 12.6 Å². The Hall–Kier alpha value is -3.00. The number of aliphatic hydroxyl groups is 3. The summed E-state index contributed by atoms with van der Waals surface area (Å²) < 4.78 is 6.95. The van der Waals surface area contributed by atoms with Crippen LogP contribution in [0.2, 0.25) is 0 Å². The maximum Gasteiger partial charge on any atom is 0.303 e. The second kappa shape index (κ2) is 11.4. The van der Waals surface area contributed by atoms with E-state index in [1.165, 1.54) is 10.9 Å². The normalized spacial score (nSPS) is 22.7. The van der Waals surface area contributed by atoms with Crippen molar-refractivity contribution in [2.24, 2.45) is 5.73 Å². The van der Waals surface area contributed by atoms with Crippen molar-refractivity contribution in [1.29, 1.82) is 0 Å². The highest BCUT2D eigenvalue weighted by Crippen LogP contribution is 2.32. The molecule has 2 aromatic rings. The Morgan fingerprint density at radius 2 is 2.00 bits per heavy atom. The zero-order valence-corrected chi connectivity index (χ0v) is 18.7. The van der Waals surface area contributed by atoms with Gasteiger partial charge in [0, 0.05) is 6.42 Å². The molecule has 0 aliphatic carbocycles. The Labute approximate surface area is 199 Å². The maximum atomic E-state index is 11.8. The number of ether oxygens (including phenoxy) is 1. The van der Waals surface area contributed by atoms with Crippen molar-refractivity contribution in [3.8, 4) is 11.8 Å². The van der Waals surface area contributed by atoms with Gasteiger partial charge >= 0.3 is 5.97 Å². The summed E-state index contributed by atoms with van der Waals surface area (Å²) in [6.45, 7) is -0.312. The third kappa shape index (κ3) is 5.91. The van der Waals surface area contributed by atoms with Gasteiger partial charge in [0.25, 0.3) is 0 Å². The van der Waals surface area contributed by atoms with Crippen molar-refractivity contribution in [3.05, 3.63) is 6.33 Å². The Kier molecular flexibility index (Phi) is 8.61. The second-order valence-corrected chi connectivity index (χ2v) is 7.81. The van der Waals surface area contributed by atoms with Crippen LogP contribution in [0.15, 0.2) is 11.4 Å². The summed E-state index contributed by atoms with van der Waals surface area (Å²) in [4.78, 5) is 35.0. The van der Waals surface area contributed by atoms with Gasteiger partial charge in [-0.25, -0.2) is 9.97 Å². The Bertz CT molecular complexity index is 1100. The smallest absolute Gasteiger partial charge is 0.303 e. The monoisotopic (exact) mass is 495 g/mol. The van der Waals surface area contributed by atoms with Gasteiger partial charge < -0.3 is 41.5 Å². The number of carboxylic acid groups (broad SMARTS) is 1. The van der Waals surface area contributed by atoms with Crippen LogP contribution in [-0.2, 0) is 14.3 Å². The minimum Gasteiger partial charge on any atom is -0.481 e. The van der Waals surface area contributed by atoms with Gasteiger partial charge in [-0.1, -0.05) is 11.8 Å². The molecule has 1 saturated heterocycles. The van der Waals surface area contributed by atoms with Gasteiger partial charge in [0.1, 0.15) is 28.9 Å². The summed E-state index contributed by atoms with van der Waals surface area (Å²) in [5, 5.41) is 43.9. The molecule has 0 saturated carbocycles. The predicted molar refractivity (Wildman–Crippen MR) is 120 cm³/mol. The van der Waals surface area contributed by atoms with Crippen molar-refractivity contribution in [2.45, 2.75) is 48.4 Å². The van der Waals surface area contributed by atoms with Gasteiger partial charge in [0.2, 0.25) is 11.9 Å². The first-order valence-corrected chi connectivity index (χ1v) is 10.7. The molecule has 0 bridgehead atoms. The molecule has 5 atom stereocenters. The lowest BCUT2D eigenvalue weighted by Gasteiger charge is -2.16. The minimum absolute atomic E-state index is 0.0248. The molecule has 14 nitrogen and oxygen atoms in total. The maximum absolute atomic E-state index is 11.8. The predicted octanol–water partition coefficient (Wildman–Crippen LogP) is -2.55. The number of hydrogen-bond donors (Lipinski definition) is 8. The summed E-state index contributed by atoms with van der Waals surface area (Å²) in [6, 6.07) is -0.925. The lowest BCUT2D eigenvalue weighted by atomic mass is 10.1. The highest BCUT2D eigenvalue weighted by molar-refractivity contribution is 7.80. The van der Waals surface area contributed by atoms with Gasteiger partial charge in [0.15, 0.2) is 11.9 Å². The molecule has 8 N–H and O–H groups in total. The number of aliphatic carboxylic acids is 1. The quantitative estimate of drug-likeness (QED) is 0.102. The molecule has 3 heterocycles. The van der Waals surface area contributed by atoms with E-state index in [1.807, 2.05) is 0 Å². The number of carboxylic acids is 1. The zero-order chi connectivity index (χ0) is 24.8. The van der Waals surface area contributed by atoms with Crippen LogP contribution in [0.5, 0.6) is 0 Å². The van der Waals surface area contributed by atoms with Crippen molar-refractivity contribution in [3.63, 3.8) is 0 Å². The molecule has 0 spiro atoms. The molecule has 34 heavy (non-hydrogen) atoms. The highest BCUT2D eigenvalue weighted by atomic mass is 32.1. The summed E-state index contributed by atoms with van der Waals surface area (Å²) in [5.41, 5.74) is 6.24. The fraction of sp³-hybridized carbons (Fsp3) is 0.526. The molecular weight excluding hydrogens is 470 g/mol. The first-order valence-electron chi connectivity index (χ1n) is 10.2. The third-order valence-electron chi connectivity index (χ3n) is 5.01. The Morgan fingerprint density at radius 1 is 1.26 bits per heavy atom. The number of amides is 1. The standard InChI is InChI=1S/C19H25N7O7S/c20-9(3-4-11(28)29)16(32)21-5-1-2-6-22-19-24-15-12(17(34)25-19)23-8-26(15)18-14(31)13(30)10(7-27)33-18/h8-10,13-14,18,27,30-31H,3-7,20H2,(H,21,32)(H,28,29)(H2,22,24,25,34)/t9?,10-,13?,14+,18-/m1/s1. The lowest BCUT2D eigenvalue weighted by Crippen LogP contribution is -2.41. The number of nitrogens with one attached hydrogen (secondary N) is 2. The molecular formula is C19H25N7O7S. The molecule has 1 aliphatic heterocycles. The van der Waals surface area contributed by atoms with Gasteiger partial charge in [-0.05, 0) is 6.42 Å². The van der Waals surface area contributed by atoms with E-state index in [-0.39, 0.29) is 42.6 Å². The number of nitrogens with zero attached hydrogens (tertiary/aromatic N) is 4. The zero-order valence-electron chi connectivity index (χ0n) is 17.8. The van der Waals surface area contributed by atoms with Gasteiger partial charge in [-0.2, -0.15) is 4.98 Å². The average molecular weight is 496 g/mol. The molecule has 15 heteroatoms. The molecule has 1 amide bonds. The van der Waals surface area contributed by atoms with Gasteiger partial charge in [-0.15, -0.1) is 12.6 Å². The minimum atomic E-state index is -1.30. The largest absolute Gasteiger partial charge is 0.481 e. The number of nitrogens with two attached hydrogens (primary N) is 1. The van der Waals surface area contributed by atoms with Crippen molar-refractivity contribution in [2.75, 3.05) is 25.0 Å². The number of hydrogen-bond acceptors (Lipinski definition) is 12. The lowest BCUT2D eigenvalue weighted by molar-refractivity contribution is -0.137. The Balaban J connectivity index is 1.59. The first-order chi connectivity index (χ1) is 16.2. The van der Waals surface area contributed by atoms with Gasteiger partial charge in [0.05, 0.1) is 32.1 Å². The van der Waals surface area contributed by atoms with Crippen LogP contribution in [0, 0.1) is 11.8 Å². The number of aromatic nitrogens is 4.